The van der Waals surface area contributed by atoms with Crippen molar-refractivity contribution in [2.75, 3.05) is 20.3 Å². The molecule has 340 valence electrons. The summed E-state index contributed by atoms with van der Waals surface area (Å²) in [6.07, 6.45) is -5.71. The van der Waals surface area contributed by atoms with Crippen molar-refractivity contribution < 1.29 is 47.4 Å². The maximum atomic E-state index is 7.35. The summed E-state index contributed by atoms with van der Waals surface area (Å²) in [5, 5.41) is 0. The lowest BCUT2D eigenvalue weighted by atomic mass is 9.97. The van der Waals surface area contributed by atoms with Crippen LogP contribution in [0.4, 0.5) is 0 Å². The molecular weight excluding hydrogens is 821 g/mol. The van der Waals surface area contributed by atoms with Crippen molar-refractivity contribution in [3.63, 3.8) is 0 Å². The molecule has 0 radical (unpaired) electrons. The standard InChI is InChI=1S/C55H60O10/c1-56-54-53(62-38-46-30-18-7-19-31-46)52(61-37-45-28-16-6-17-29-45)50(49(64-54)40-58-34-42-22-10-3-11-23-42)65-55-51(60-36-44-26-14-5-15-27-44)48(59-35-43-24-12-4-13-25-43)32-47(63-55)39-57-33-41-20-8-2-9-21-41/h2-31,47-55H,32-40H2,1H3/t47-,48-,49+,50+,51+,52-,53+,54+,55+/m0/s1. The highest BCUT2D eigenvalue weighted by atomic mass is 16.8. The van der Waals surface area contributed by atoms with Gasteiger partial charge in [-0.3, -0.25) is 0 Å². The third-order valence-electron chi connectivity index (χ3n) is 11.5. The Balaban J connectivity index is 1.13. The number of hydrogen-bond donors (Lipinski definition) is 0. The second-order valence-electron chi connectivity index (χ2n) is 16.4. The largest absolute Gasteiger partial charge is 0.374 e. The fourth-order valence-corrected chi connectivity index (χ4v) is 8.17. The molecule has 9 atom stereocenters. The van der Waals surface area contributed by atoms with Gasteiger partial charge in [-0.25, -0.2) is 0 Å². The number of methoxy groups -OCH3 is 1. The van der Waals surface area contributed by atoms with Gasteiger partial charge >= 0.3 is 0 Å². The fourth-order valence-electron chi connectivity index (χ4n) is 8.17. The van der Waals surface area contributed by atoms with Crippen molar-refractivity contribution in [1.29, 1.82) is 0 Å². The number of benzene rings is 6. The van der Waals surface area contributed by atoms with Crippen LogP contribution in [0.15, 0.2) is 182 Å². The van der Waals surface area contributed by atoms with Crippen LogP contribution < -0.4 is 0 Å². The molecule has 2 aliphatic heterocycles. The van der Waals surface area contributed by atoms with E-state index < -0.39 is 55.3 Å². The van der Waals surface area contributed by atoms with Crippen LogP contribution >= 0.6 is 0 Å². The summed E-state index contributed by atoms with van der Waals surface area (Å²) in [6, 6.07) is 60.5. The van der Waals surface area contributed by atoms with Crippen molar-refractivity contribution in [2.24, 2.45) is 0 Å². The summed E-state index contributed by atoms with van der Waals surface area (Å²) in [6.45, 7) is 2.52. The maximum Gasteiger partial charge on any atom is 0.187 e. The Morgan fingerprint density at radius 1 is 0.385 bits per heavy atom. The zero-order valence-corrected chi connectivity index (χ0v) is 37.0. The number of rotatable bonds is 23. The van der Waals surface area contributed by atoms with Crippen molar-refractivity contribution >= 4 is 0 Å². The lowest BCUT2D eigenvalue weighted by Gasteiger charge is -2.48. The van der Waals surface area contributed by atoms with Crippen molar-refractivity contribution in [3.05, 3.63) is 215 Å². The van der Waals surface area contributed by atoms with Crippen LogP contribution in [0.5, 0.6) is 0 Å². The summed E-state index contributed by atoms with van der Waals surface area (Å²) >= 11 is 0. The first kappa shape index (κ1) is 46.4. The van der Waals surface area contributed by atoms with Gasteiger partial charge in [0.25, 0.3) is 0 Å². The van der Waals surface area contributed by atoms with Gasteiger partial charge in [0, 0.05) is 13.5 Å². The maximum absolute atomic E-state index is 7.35. The van der Waals surface area contributed by atoms with Gasteiger partial charge in [-0.1, -0.05) is 182 Å². The first-order chi connectivity index (χ1) is 32.2. The summed E-state index contributed by atoms with van der Waals surface area (Å²) in [4.78, 5) is 0. The molecule has 0 unspecified atom stereocenters. The molecule has 2 saturated heterocycles. The Kier molecular flexibility index (Phi) is 17.9. The first-order valence-electron chi connectivity index (χ1n) is 22.5. The minimum Gasteiger partial charge on any atom is -0.374 e. The molecule has 6 aromatic carbocycles. The van der Waals surface area contributed by atoms with E-state index in [9.17, 15) is 0 Å². The van der Waals surface area contributed by atoms with Gasteiger partial charge in [-0.15, -0.1) is 0 Å². The zero-order chi connectivity index (χ0) is 44.3. The van der Waals surface area contributed by atoms with E-state index in [0.717, 1.165) is 33.4 Å². The fraction of sp³-hybridized carbons (Fsp3) is 0.345. The Labute approximate surface area is 383 Å². The van der Waals surface area contributed by atoms with Crippen molar-refractivity contribution in [2.45, 2.75) is 101 Å². The smallest absolute Gasteiger partial charge is 0.187 e. The Hall–Kier alpha value is -5.08. The second-order valence-corrected chi connectivity index (χ2v) is 16.4. The predicted molar refractivity (Wildman–Crippen MR) is 246 cm³/mol. The normalized spacial score (nSPS) is 24.4. The lowest BCUT2D eigenvalue weighted by Crippen LogP contribution is -2.64. The van der Waals surface area contributed by atoms with Gasteiger partial charge in [0.2, 0.25) is 0 Å². The molecule has 6 aromatic rings. The highest BCUT2D eigenvalue weighted by Gasteiger charge is 2.52. The molecule has 0 aliphatic carbocycles. The van der Waals surface area contributed by atoms with E-state index in [1.54, 1.807) is 7.11 Å². The van der Waals surface area contributed by atoms with E-state index in [1.165, 1.54) is 0 Å². The van der Waals surface area contributed by atoms with Crippen LogP contribution in [0.25, 0.3) is 0 Å². The lowest BCUT2D eigenvalue weighted by molar-refractivity contribution is -0.364. The number of ether oxygens (including phenoxy) is 10. The number of hydrogen-bond acceptors (Lipinski definition) is 10. The molecule has 2 fully saturated rings. The Morgan fingerprint density at radius 2 is 0.769 bits per heavy atom. The monoisotopic (exact) mass is 880 g/mol. The molecule has 2 aliphatic rings. The first-order valence-corrected chi connectivity index (χ1v) is 22.5. The molecular formula is C55H60O10. The van der Waals surface area contributed by atoms with Crippen LogP contribution in [0, 0.1) is 0 Å². The average molecular weight is 881 g/mol. The van der Waals surface area contributed by atoms with E-state index in [1.807, 2.05) is 158 Å². The molecule has 0 amide bonds. The molecule has 65 heavy (non-hydrogen) atoms. The molecule has 2 heterocycles. The van der Waals surface area contributed by atoms with Gasteiger partial charge in [0.15, 0.2) is 12.6 Å². The van der Waals surface area contributed by atoms with Crippen LogP contribution in [-0.4, -0.2) is 75.6 Å². The molecule has 0 spiro atoms. The van der Waals surface area contributed by atoms with Gasteiger partial charge in [-0.05, 0) is 33.4 Å². The molecule has 0 aromatic heterocycles. The summed E-state index contributed by atoms with van der Waals surface area (Å²) in [5.41, 5.74) is 6.15. The van der Waals surface area contributed by atoms with E-state index in [-0.39, 0.29) is 13.2 Å². The molecule has 0 saturated carbocycles. The molecule has 8 rings (SSSR count). The van der Waals surface area contributed by atoms with Crippen LogP contribution in [0.2, 0.25) is 0 Å². The summed E-state index contributed by atoms with van der Waals surface area (Å²) in [7, 11) is 1.62. The highest BCUT2D eigenvalue weighted by molar-refractivity contribution is 5.18. The highest BCUT2D eigenvalue weighted by Crippen LogP contribution is 2.35. The van der Waals surface area contributed by atoms with Crippen LogP contribution in [0.1, 0.15) is 39.8 Å². The molecule has 10 heteroatoms. The molecule has 0 N–H and O–H groups in total. The minimum atomic E-state index is -0.958. The third kappa shape index (κ3) is 14.0. The van der Waals surface area contributed by atoms with Gasteiger partial charge in [-0.2, -0.15) is 0 Å². The molecule has 0 bridgehead atoms. The quantitative estimate of drug-likeness (QED) is 0.0620. The van der Waals surface area contributed by atoms with E-state index in [0.29, 0.717) is 46.1 Å². The Morgan fingerprint density at radius 3 is 1.22 bits per heavy atom. The third-order valence-corrected chi connectivity index (χ3v) is 11.5. The van der Waals surface area contributed by atoms with Gasteiger partial charge in [0.05, 0.1) is 65.1 Å². The van der Waals surface area contributed by atoms with E-state index >= 15 is 0 Å². The summed E-state index contributed by atoms with van der Waals surface area (Å²) < 4.78 is 67.4. The minimum absolute atomic E-state index is 0.163. The topological polar surface area (TPSA) is 92.3 Å². The van der Waals surface area contributed by atoms with Gasteiger partial charge in [0.1, 0.15) is 30.5 Å². The van der Waals surface area contributed by atoms with Crippen LogP contribution in [0.3, 0.4) is 0 Å². The van der Waals surface area contributed by atoms with Crippen molar-refractivity contribution in [3.8, 4) is 0 Å². The SMILES string of the molecule is CO[C@@H]1O[C@H](COCc2ccccc2)[C@@H](O[C@H]2O[C@H](COCc3ccccc3)C[C@H](OCc3ccccc3)[C@H]2OCc2ccccc2)[C@H](OCc2ccccc2)[C@H]1OCc1ccccc1. The summed E-state index contributed by atoms with van der Waals surface area (Å²) in [5.74, 6) is 0. The Bertz CT molecular complexity index is 2190. The van der Waals surface area contributed by atoms with E-state index in [4.69, 9.17) is 47.4 Å². The molecule has 10 nitrogen and oxygen atoms in total. The average Bonchev–Trinajstić information content (AvgIpc) is 3.36. The van der Waals surface area contributed by atoms with Gasteiger partial charge < -0.3 is 47.4 Å². The van der Waals surface area contributed by atoms with Crippen LogP contribution in [-0.2, 0) is 87.0 Å². The second kappa shape index (κ2) is 25.0. The predicted octanol–water partition coefficient (Wildman–Crippen LogP) is 9.63. The zero-order valence-electron chi connectivity index (χ0n) is 37.0. The van der Waals surface area contributed by atoms with Crippen molar-refractivity contribution in [1.82, 2.24) is 0 Å². The van der Waals surface area contributed by atoms with E-state index in [2.05, 4.69) is 24.3 Å².